The molecule has 106 valence electrons. The van der Waals surface area contributed by atoms with Crippen LogP contribution in [0, 0.1) is 12.7 Å². The van der Waals surface area contributed by atoms with Gasteiger partial charge in [0, 0.05) is 6.54 Å². The first-order valence-electron chi connectivity index (χ1n) is 6.30. The van der Waals surface area contributed by atoms with Crippen molar-refractivity contribution in [2.75, 3.05) is 11.9 Å². The molecule has 1 N–H and O–H groups in total. The number of nitrogens with one attached hydrogen (secondary N) is 1. The lowest BCUT2D eigenvalue weighted by Gasteiger charge is -2.09. The molecular weight excluding hydrogens is 281 g/mol. The first kappa shape index (κ1) is 14.5. The van der Waals surface area contributed by atoms with E-state index < -0.39 is 0 Å². The number of hydrogen-bond acceptors (Lipinski definition) is 4. The standard InChI is InChI=1S/C14H15ClFN3O/c1-3-6-17-14-18-8-11(15)13(19-14)20-10-4-5-12(16)9(2)7-10/h4-5,7-8H,3,6H2,1-2H3,(H,17,18,19). The number of halogens is 2. The molecule has 0 aliphatic heterocycles. The molecule has 6 heteroatoms. The summed E-state index contributed by atoms with van der Waals surface area (Å²) in [5, 5.41) is 3.35. The van der Waals surface area contributed by atoms with Gasteiger partial charge in [-0.15, -0.1) is 0 Å². The zero-order chi connectivity index (χ0) is 14.5. The molecule has 0 saturated heterocycles. The normalized spacial score (nSPS) is 10.4. The lowest BCUT2D eigenvalue weighted by atomic mass is 10.2. The van der Waals surface area contributed by atoms with Crippen LogP contribution in [0.1, 0.15) is 18.9 Å². The van der Waals surface area contributed by atoms with Crippen LogP contribution in [0.5, 0.6) is 11.6 Å². The Morgan fingerprint density at radius 3 is 2.90 bits per heavy atom. The van der Waals surface area contributed by atoms with Gasteiger partial charge in [0.2, 0.25) is 11.8 Å². The van der Waals surface area contributed by atoms with Crippen molar-refractivity contribution in [2.24, 2.45) is 0 Å². The third kappa shape index (κ3) is 3.57. The molecule has 2 aromatic rings. The Hall–Kier alpha value is -1.88. The molecule has 0 unspecified atom stereocenters. The predicted molar refractivity (Wildman–Crippen MR) is 77.0 cm³/mol. The Balaban J connectivity index is 2.20. The summed E-state index contributed by atoms with van der Waals surface area (Å²) in [7, 11) is 0. The number of hydrogen-bond donors (Lipinski definition) is 1. The highest BCUT2D eigenvalue weighted by molar-refractivity contribution is 6.31. The van der Waals surface area contributed by atoms with Crippen molar-refractivity contribution in [3.8, 4) is 11.6 Å². The Bertz CT molecular complexity index is 607. The molecular formula is C14H15ClFN3O. The Morgan fingerprint density at radius 1 is 1.40 bits per heavy atom. The number of aromatic nitrogens is 2. The van der Waals surface area contributed by atoms with Crippen LogP contribution in [0.2, 0.25) is 5.02 Å². The molecule has 0 aliphatic carbocycles. The van der Waals surface area contributed by atoms with Gasteiger partial charge in [0.1, 0.15) is 16.6 Å². The molecule has 0 saturated carbocycles. The predicted octanol–water partition coefficient (Wildman–Crippen LogP) is 4.19. The van der Waals surface area contributed by atoms with Crippen molar-refractivity contribution in [3.05, 3.63) is 40.8 Å². The fourth-order valence-corrected chi connectivity index (χ4v) is 1.67. The summed E-state index contributed by atoms with van der Waals surface area (Å²) in [6.07, 6.45) is 2.43. The van der Waals surface area contributed by atoms with Crippen LogP contribution < -0.4 is 10.1 Å². The highest BCUT2D eigenvalue weighted by Gasteiger charge is 2.09. The summed E-state index contributed by atoms with van der Waals surface area (Å²) in [4.78, 5) is 8.24. The largest absolute Gasteiger partial charge is 0.437 e. The van der Waals surface area contributed by atoms with E-state index in [4.69, 9.17) is 16.3 Å². The van der Waals surface area contributed by atoms with E-state index in [2.05, 4.69) is 15.3 Å². The van der Waals surface area contributed by atoms with Crippen molar-refractivity contribution in [1.29, 1.82) is 0 Å². The van der Waals surface area contributed by atoms with E-state index in [1.165, 1.54) is 18.3 Å². The molecule has 0 fully saturated rings. The zero-order valence-electron chi connectivity index (χ0n) is 11.3. The molecule has 4 nitrogen and oxygen atoms in total. The van der Waals surface area contributed by atoms with E-state index in [1.54, 1.807) is 13.0 Å². The van der Waals surface area contributed by atoms with Crippen LogP contribution in [0.25, 0.3) is 0 Å². The first-order valence-corrected chi connectivity index (χ1v) is 6.68. The van der Waals surface area contributed by atoms with Crippen molar-refractivity contribution >= 4 is 17.5 Å². The maximum atomic E-state index is 13.2. The molecule has 0 aliphatic rings. The molecule has 1 aromatic heterocycles. The van der Waals surface area contributed by atoms with Gasteiger partial charge in [-0.05, 0) is 37.1 Å². The summed E-state index contributed by atoms with van der Waals surface area (Å²) < 4.78 is 18.8. The summed E-state index contributed by atoms with van der Waals surface area (Å²) in [6.45, 7) is 4.47. The Labute approximate surface area is 122 Å². The van der Waals surface area contributed by atoms with E-state index >= 15 is 0 Å². The number of nitrogens with zero attached hydrogens (tertiary/aromatic N) is 2. The number of anilines is 1. The van der Waals surface area contributed by atoms with Crippen LogP contribution in [-0.2, 0) is 0 Å². The van der Waals surface area contributed by atoms with E-state index in [1.807, 2.05) is 6.92 Å². The second-order valence-electron chi connectivity index (χ2n) is 4.29. The average molecular weight is 296 g/mol. The minimum Gasteiger partial charge on any atom is -0.437 e. The highest BCUT2D eigenvalue weighted by atomic mass is 35.5. The van der Waals surface area contributed by atoms with Gasteiger partial charge in [-0.1, -0.05) is 18.5 Å². The Morgan fingerprint density at radius 2 is 2.20 bits per heavy atom. The van der Waals surface area contributed by atoms with Crippen LogP contribution in [-0.4, -0.2) is 16.5 Å². The summed E-state index contributed by atoms with van der Waals surface area (Å²) in [5.74, 6) is 0.888. The topological polar surface area (TPSA) is 47.0 Å². The SMILES string of the molecule is CCCNc1ncc(Cl)c(Oc2ccc(F)c(C)c2)n1. The van der Waals surface area contributed by atoms with Crippen LogP contribution in [0.3, 0.4) is 0 Å². The van der Waals surface area contributed by atoms with Crippen LogP contribution >= 0.6 is 11.6 Å². The number of rotatable bonds is 5. The maximum absolute atomic E-state index is 13.2. The van der Waals surface area contributed by atoms with E-state index in [9.17, 15) is 4.39 Å². The molecule has 2 rings (SSSR count). The summed E-state index contributed by atoms with van der Waals surface area (Å²) in [6, 6.07) is 4.46. The first-order chi connectivity index (χ1) is 9.60. The van der Waals surface area contributed by atoms with Gasteiger partial charge in [-0.2, -0.15) is 4.98 Å². The van der Waals surface area contributed by atoms with Gasteiger partial charge in [0.05, 0.1) is 6.20 Å². The quantitative estimate of drug-likeness (QED) is 0.898. The van der Waals surface area contributed by atoms with Crippen molar-refractivity contribution in [1.82, 2.24) is 9.97 Å². The van der Waals surface area contributed by atoms with Crippen LogP contribution in [0.15, 0.2) is 24.4 Å². The number of benzene rings is 1. The zero-order valence-corrected chi connectivity index (χ0v) is 12.0. The third-order valence-corrected chi connectivity index (χ3v) is 2.85. The second-order valence-corrected chi connectivity index (χ2v) is 4.69. The molecule has 0 atom stereocenters. The van der Waals surface area contributed by atoms with E-state index in [0.29, 0.717) is 22.3 Å². The van der Waals surface area contributed by atoms with E-state index in [0.717, 1.165) is 13.0 Å². The fraction of sp³-hybridized carbons (Fsp3) is 0.286. The monoisotopic (exact) mass is 295 g/mol. The van der Waals surface area contributed by atoms with Gasteiger partial charge in [0.15, 0.2) is 0 Å². The van der Waals surface area contributed by atoms with Gasteiger partial charge in [0.25, 0.3) is 0 Å². The lowest BCUT2D eigenvalue weighted by Crippen LogP contribution is -2.04. The van der Waals surface area contributed by atoms with Gasteiger partial charge < -0.3 is 10.1 Å². The van der Waals surface area contributed by atoms with Gasteiger partial charge >= 0.3 is 0 Å². The second kappa shape index (κ2) is 6.52. The van der Waals surface area contributed by atoms with Crippen LogP contribution in [0.4, 0.5) is 10.3 Å². The molecule has 0 bridgehead atoms. The molecule has 1 heterocycles. The van der Waals surface area contributed by atoms with Gasteiger partial charge in [-0.25, -0.2) is 9.37 Å². The smallest absolute Gasteiger partial charge is 0.243 e. The molecule has 0 radical (unpaired) electrons. The van der Waals surface area contributed by atoms with E-state index in [-0.39, 0.29) is 11.7 Å². The van der Waals surface area contributed by atoms with Crippen molar-refractivity contribution < 1.29 is 9.13 Å². The molecule has 1 aromatic carbocycles. The number of aryl methyl sites for hydroxylation is 1. The third-order valence-electron chi connectivity index (χ3n) is 2.59. The molecule has 0 spiro atoms. The summed E-state index contributed by atoms with van der Waals surface area (Å²) in [5.41, 5.74) is 0.497. The fourth-order valence-electron chi connectivity index (χ4n) is 1.54. The average Bonchev–Trinajstić information content (AvgIpc) is 2.44. The minimum atomic E-state index is -0.281. The van der Waals surface area contributed by atoms with Crippen molar-refractivity contribution in [2.45, 2.75) is 20.3 Å². The summed E-state index contributed by atoms with van der Waals surface area (Å²) >= 11 is 6.00. The molecule has 20 heavy (non-hydrogen) atoms. The Kier molecular flexibility index (Phi) is 4.74. The maximum Gasteiger partial charge on any atom is 0.243 e. The lowest BCUT2D eigenvalue weighted by molar-refractivity contribution is 0.460. The van der Waals surface area contributed by atoms with Crippen molar-refractivity contribution in [3.63, 3.8) is 0 Å². The number of ether oxygens (including phenoxy) is 1. The molecule has 0 amide bonds. The highest BCUT2D eigenvalue weighted by Crippen LogP contribution is 2.28. The minimum absolute atomic E-state index is 0.242. The van der Waals surface area contributed by atoms with Gasteiger partial charge in [-0.3, -0.25) is 0 Å².